The zero-order valence-corrected chi connectivity index (χ0v) is 38.7. The molecule has 1 aliphatic rings. The van der Waals surface area contributed by atoms with Crippen LogP contribution in [0.25, 0.3) is 43.4 Å². The molecular weight excluding hydrogens is 769 g/mol. The van der Waals surface area contributed by atoms with E-state index in [0.29, 0.717) is 0 Å². The van der Waals surface area contributed by atoms with Crippen molar-refractivity contribution in [1.29, 1.82) is 0 Å². The van der Waals surface area contributed by atoms with E-state index in [2.05, 4.69) is 245 Å². The quantitative estimate of drug-likeness (QED) is 0.141. The smallest absolute Gasteiger partial charge is 0.0775 e. The van der Waals surface area contributed by atoms with Crippen LogP contribution in [0.3, 0.4) is 0 Å². The molecule has 0 spiro atoms. The Labute approximate surface area is 363 Å². The van der Waals surface area contributed by atoms with Gasteiger partial charge in [-0.15, -0.1) is 0 Å². The Balaban J connectivity index is 1.09. The molecule has 9 aromatic carbocycles. The van der Waals surface area contributed by atoms with Crippen LogP contribution < -0.4 is 20.2 Å². The predicted octanol–water partition coefficient (Wildman–Crippen LogP) is 15.5. The maximum Gasteiger partial charge on any atom is 0.0775 e. The Kier molecular flexibility index (Phi) is 9.24. The molecule has 300 valence electrons. The summed E-state index contributed by atoms with van der Waals surface area (Å²) in [5, 5.41) is 10.4. The van der Waals surface area contributed by atoms with Gasteiger partial charge in [0.1, 0.15) is 0 Å². The fourth-order valence-corrected chi connectivity index (χ4v) is 11.9. The first-order valence-electron chi connectivity index (χ1n) is 21.8. The monoisotopic (exact) mass is 822 g/mol. The Hall–Kier alpha value is -6.21. The number of nitrogens with zero attached hydrogens (tertiary/aromatic N) is 2. The van der Waals surface area contributed by atoms with Crippen molar-refractivity contribution in [1.82, 2.24) is 0 Å². The van der Waals surface area contributed by atoms with Crippen LogP contribution in [0, 0.1) is 0 Å². The maximum atomic E-state index is 2.47. The normalized spacial score (nSPS) is 13.4. The Bertz CT molecular complexity index is 3120. The molecule has 9 aromatic rings. The minimum Gasteiger partial charge on any atom is -0.310 e. The average molecular weight is 823 g/mol. The number of hydrogen-bond donors (Lipinski definition) is 0. The van der Waals surface area contributed by atoms with Gasteiger partial charge in [-0.2, -0.15) is 0 Å². The molecule has 61 heavy (non-hydrogen) atoms. The van der Waals surface area contributed by atoms with Gasteiger partial charge in [-0.25, -0.2) is 0 Å². The fraction of sp³-hybridized carbons (Fsp3) is 0.158. The summed E-state index contributed by atoms with van der Waals surface area (Å²) < 4.78 is 0. The third-order valence-electron chi connectivity index (χ3n) is 13.1. The van der Waals surface area contributed by atoms with Crippen LogP contribution >= 0.6 is 0 Å². The van der Waals surface area contributed by atoms with E-state index in [1.165, 1.54) is 93.4 Å². The minimum absolute atomic E-state index is 0.209. The van der Waals surface area contributed by atoms with E-state index in [9.17, 15) is 0 Å². The topological polar surface area (TPSA) is 6.48 Å². The third-order valence-corrected chi connectivity index (χ3v) is 17.2. The molecule has 2 nitrogen and oxygen atoms in total. The van der Waals surface area contributed by atoms with Gasteiger partial charge in [0.05, 0.1) is 27.5 Å². The molecular formula is C57H54N2Si2. The highest BCUT2D eigenvalue weighted by Gasteiger charge is 2.37. The summed E-state index contributed by atoms with van der Waals surface area (Å²) in [5.41, 5.74) is 12.2. The van der Waals surface area contributed by atoms with E-state index >= 15 is 0 Å². The van der Waals surface area contributed by atoms with Crippen LogP contribution in [0.15, 0.2) is 182 Å². The number of hydrogen-bond acceptors (Lipinski definition) is 2. The summed E-state index contributed by atoms with van der Waals surface area (Å²) in [7, 11) is -2.93. The molecule has 0 bridgehead atoms. The zero-order chi connectivity index (χ0) is 42.3. The molecule has 0 fully saturated rings. The van der Waals surface area contributed by atoms with Crippen LogP contribution in [0.1, 0.15) is 25.0 Å². The van der Waals surface area contributed by atoms with Crippen LogP contribution in [0.5, 0.6) is 0 Å². The highest BCUT2D eigenvalue weighted by atomic mass is 28.3. The van der Waals surface area contributed by atoms with Crippen molar-refractivity contribution in [2.24, 2.45) is 0 Å². The highest BCUT2D eigenvalue weighted by Crippen LogP contribution is 2.52. The second kappa shape index (κ2) is 14.5. The maximum absolute atomic E-state index is 2.47. The van der Waals surface area contributed by atoms with E-state index in [4.69, 9.17) is 0 Å². The molecule has 0 aliphatic heterocycles. The first-order chi connectivity index (χ1) is 29.3. The lowest BCUT2D eigenvalue weighted by Crippen LogP contribution is -2.37. The SMILES string of the molecule is CC1(C)c2cc(N(c3ccc([Si](C)(C)C)cc3)c3cccc4ccccc34)ccc2-c2cc3ccc(N(c4ccc([Si](C)(C)C)cc4)c4cccc5ccccc45)cc3cc21. The van der Waals surface area contributed by atoms with Gasteiger partial charge in [-0.1, -0.05) is 173 Å². The lowest BCUT2D eigenvalue weighted by atomic mass is 9.81. The van der Waals surface area contributed by atoms with Crippen LogP contribution in [0.4, 0.5) is 34.1 Å². The molecule has 0 N–H and O–H groups in total. The molecule has 0 atom stereocenters. The van der Waals surface area contributed by atoms with Gasteiger partial charge >= 0.3 is 0 Å². The summed E-state index contributed by atoms with van der Waals surface area (Å²) in [4.78, 5) is 4.92. The van der Waals surface area contributed by atoms with Crippen molar-refractivity contribution < 1.29 is 0 Å². The first kappa shape index (κ1) is 39.0. The summed E-state index contributed by atoms with van der Waals surface area (Å²) in [6.07, 6.45) is 0. The Morgan fingerprint density at radius 2 is 0.787 bits per heavy atom. The molecule has 0 saturated carbocycles. The minimum atomic E-state index is -1.47. The third kappa shape index (κ3) is 6.79. The van der Waals surface area contributed by atoms with Gasteiger partial charge < -0.3 is 9.80 Å². The second-order valence-electron chi connectivity index (χ2n) is 19.5. The molecule has 0 aromatic heterocycles. The van der Waals surface area contributed by atoms with Crippen molar-refractivity contribution in [3.63, 3.8) is 0 Å². The van der Waals surface area contributed by atoms with Gasteiger partial charge in [0.15, 0.2) is 0 Å². The van der Waals surface area contributed by atoms with E-state index in [-0.39, 0.29) is 5.41 Å². The van der Waals surface area contributed by atoms with Crippen molar-refractivity contribution in [2.75, 3.05) is 9.80 Å². The number of rotatable bonds is 8. The van der Waals surface area contributed by atoms with E-state index < -0.39 is 16.1 Å². The number of fused-ring (bicyclic) bond motifs is 6. The van der Waals surface area contributed by atoms with Crippen molar-refractivity contribution in [3.8, 4) is 11.1 Å². The molecule has 0 unspecified atom stereocenters. The van der Waals surface area contributed by atoms with E-state index in [1.54, 1.807) is 0 Å². The van der Waals surface area contributed by atoms with Gasteiger partial charge in [-0.3, -0.25) is 0 Å². The summed E-state index contributed by atoms with van der Waals surface area (Å²) in [5.74, 6) is 0. The molecule has 10 rings (SSSR count). The predicted molar refractivity (Wildman–Crippen MR) is 272 cm³/mol. The molecule has 0 saturated heterocycles. The number of benzene rings is 9. The lowest BCUT2D eigenvalue weighted by Gasteiger charge is -2.29. The van der Waals surface area contributed by atoms with Crippen LogP contribution in [0.2, 0.25) is 39.3 Å². The molecule has 1 aliphatic carbocycles. The molecule has 0 heterocycles. The Morgan fingerprint density at radius 1 is 0.344 bits per heavy atom. The number of anilines is 6. The van der Waals surface area contributed by atoms with Crippen molar-refractivity contribution in [2.45, 2.75) is 58.5 Å². The Morgan fingerprint density at radius 3 is 1.31 bits per heavy atom. The summed E-state index contributed by atoms with van der Waals surface area (Å²) >= 11 is 0. The second-order valence-corrected chi connectivity index (χ2v) is 29.7. The fourth-order valence-electron chi connectivity index (χ4n) is 9.61. The summed E-state index contributed by atoms with van der Waals surface area (Å²) in [6, 6.07) is 68.7. The molecule has 4 heteroatoms. The van der Waals surface area contributed by atoms with Crippen LogP contribution in [-0.4, -0.2) is 16.1 Å². The molecule has 0 amide bonds. The highest BCUT2D eigenvalue weighted by molar-refractivity contribution is 6.89. The lowest BCUT2D eigenvalue weighted by molar-refractivity contribution is 0.661. The van der Waals surface area contributed by atoms with Gasteiger partial charge in [0.25, 0.3) is 0 Å². The van der Waals surface area contributed by atoms with E-state index in [0.717, 1.165) is 5.69 Å². The van der Waals surface area contributed by atoms with Gasteiger partial charge in [0, 0.05) is 38.9 Å². The van der Waals surface area contributed by atoms with E-state index in [1.807, 2.05) is 0 Å². The average Bonchev–Trinajstić information content (AvgIpc) is 3.47. The standard InChI is InChI=1S/C57H54N2Si2/c1-57(2)53-37-42-35-45(58(43-25-30-47(31-26-43)60(3,4)5)55-21-13-17-39-15-9-11-19-49(39)55)24-23-41(42)36-52(53)51-34-29-46(38-54(51)57)59(44-27-32-48(33-28-44)61(6,7)8)56-22-14-18-40-16-10-12-20-50(40)56/h9-38H,1-8H3. The van der Waals surface area contributed by atoms with Crippen molar-refractivity contribution >= 4 is 93.0 Å². The molecule has 0 radical (unpaired) electrons. The van der Waals surface area contributed by atoms with Crippen LogP contribution in [-0.2, 0) is 5.41 Å². The van der Waals surface area contributed by atoms with Gasteiger partial charge in [-0.05, 0) is 117 Å². The largest absolute Gasteiger partial charge is 0.310 e. The van der Waals surface area contributed by atoms with Crippen molar-refractivity contribution in [3.05, 3.63) is 193 Å². The summed E-state index contributed by atoms with van der Waals surface area (Å²) in [6.45, 7) is 19.3. The van der Waals surface area contributed by atoms with Gasteiger partial charge in [0.2, 0.25) is 0 Å². The first-order valence-corrected chi connectivity index (χ1v) is 28.8. The zero-order valence-electron chi connectivity index (χ0n) is 36.7.